The van der Waals surface area contributed by atoms with Crippen LogP contribution in [0.5, 0.6) is 5.75 Å². The normalized spacial score (nSPS) is 19.7. The highest BCUT2D eigenvalue weighted by Gasteiger charge is 2.43. The smallest absolute Gasteiger partial charge is 0.422 e. The Labute approximate surface area is 281 Å². The number of phenolic OH excluding ortho intramolecular Hbond substituents is 1. The monoisotopic (exact) mass is 706 g/mol. The van der Waals surface area contributed by atoms with Crippen LogP contribution in [0.15, 0.2) is 40.8 Å². The molecule has 0 saturated carbocycles. The van der Waals surface area contributed by atoms with Gasteiger partial charge < -0.3 is 14.9 Å². The summed E-state index contributed by atoms with van der Waals surface area (Å²) >= 11 is 6.52. The number of alkyl halides is 3. The lowest BCUT2D eigenvalue weighted by Crippen LogP contribution is -2.54. The third kappa shape index (κ3) is 5.81. The minimum absolute atomic E-state index is 0.0315. The maximum Gasteiger partial charge on any atom is 0.422 e. The topological polar surface area (TPSA) is 115 Å². The summed E-state index contributed by atoms with van der Waals surface area (Å²) in [4.78, 5) is 38.8. The van der Waals surface area contributed by atoms with E-state index in [1.54, 1.807) is 38.7 Å². The highest BCUT2D eigenvalue weighted by molar-refractivity contribution is 6.34. The molecule has 0 bridgehead atoms. The zero-order valence-corrected chi connectivity index (χ0v) is 27.3. The summed E-state index contributed by atoms with van der Waals surface area (Å²) in [5.41, 5.74) is -6.06. The minimum atomic E-state index is -5.73. The zero-order chi connectivity index (χ0) is 36.3. The highest BCUT2D eigenvalue weighted by atomic mass is 35.5. The van der Waals surface area contributed by atoms with Crippen LogP contribution in [0.3, 0.4) is 0 Å². The molecule has 16 heteroatoms. The van der Waals surface area contributed by atoms with E-state index < -0.39 is 74.8 Å². The van der Waals surface area contributed by atoms with Crippen LogP contribution in [0.2, 0.25) is 5.02 Å². The summed E-state index contributed by atoms with van der Waals surface area (Å²) in [5, 5.41) is 20.3. The molecule has 1 aromatic carbocycles. The number of phenols is 1. The molecule has 5 rings (SSSR count). The van der Waals surface area contributed by atoms with E-state index in [4.69, 9.17) is 11.6 Å². The summed E-state index contributed by atoms with van der Waals surface area (Å²) < 4.78 is 87.1. The molecule has 1 N–H and O–H groups in total. The molecule has 0 radical (unpaired) electrons. The zero-order valence-electron chi connectivity index (χ0n) is 26.5. The van der Waals surface area contributed by atoms with Gasteiger partial charge in [-0.1, -0.05) is 45.0 Å². The van der Waals surface area contributed by atoms with E-state index in [0.717, 1.165) is 16.7 Å². The van der Waals surface area contributed by atoms with Gasteiger partial charge in [-0.2, -0.15) is 22.8 Å². The van der Waals surface area contributed by atoms with Crippen molar-refractivity contribution in [3.05, 3.63) is 75.0 Å². The lowest BCUT2D eigenvalue weighted by molar-refractivity contribution is -0.142. The molecular formula is C33H29ClF6N6O3. The molecule has 49 heavy (non-hydrogen) atoms. The maximum atomic E-state index is 15.6. The van der Waals surface area contributed by atoms with Crippen LogP contribution in [0.25, 0.3) is 22.3 Å². The van der Waals surface area contributed by atoms with Gasteiger partial charge in [-0.25, -0.2) is 13.8 Å². The number of benzene rings is 1. The number of anilines is 1. The number of hydrogen-bond donors (Lipinski definition) is 1. The summed E-state index contributed by atoms with van der Waals surface area (Å²) in [6.07, 6.45) is -1.35. The predicted molar refractivity (Wildman–Crippen MR) is 171 cm³/mol. The molecule has 1 fully saturated rings. The molecule has 4 heterocycles. The number of pyridine rings is 2. The number of carbonyl (C=O) groups excluding carboxylic acids is 1. The molecule has 0 spiro atoms. The van der Waals surface area contributed by atoms with E-state index in [0.29, 0.717) is 5.71 Å². The number of allylic oxidation sites excluding steroid dienone is 1. The minimum Gasteiger partial charge on any atom is -0.504 e. The second-order valence-corrected chi connectivity index (χ2v) is 12.5. The fraction of sp³-hybridized carbons (Fsp3) is 0.364. The largest absolute Gasteiger partial charge is 0.504 e. The van der Waals surface area contributed by atoms with Gasteiger partial charge in [-0.15, -0.1) is 0 Å². The van der Waals surface area contributed by atoms with E-state index in [1.807, 2.05) is 6.07 Å². The number of aromatic hydroxyl groups is 1. The van der Waals surface area contributed by atoms with Crippen LogP contribution < -0.4 is 10.5 Å². The van der Waals surface area contributed by atoms with E-state index in [-0.39, 0.29) is 53.7 Å². The third-order valence-electron chi connectivity index (χ3n) is 8.72. The lowest BCUT2D eigenvalue weighted by Gasteiger charge is -2.41. The lowest BCUT2D eigenvalue weighted by atomic mass is 9.88. The third-order valence-corrected chi connectivity index (χ3v) is 9.01. The average molecular weight is 707 g/mol. The Balaban J connectivity index is 1.92. The Hall–Kier alpha value is -4.84. The number of rotatable bonds is 5. The van der Waals surface area contributed by atoms with Crippen molar-refractivity contribution in [3.63, 3.8) is 0 Å². The van der Waals surface area contributed by atoms with Crippen LogP contribution in [0.4, 0.5) is 32.0 Å². The van der Waals surface area contributed by atoms with Gasteiger partial charge in [-0.05, 0) is 25.0 Å². The Kier molecular flexibility index (Phi) is 9.33. The van der Waals surface area contributed by atoms with E-state index in [2.05, 4.69) is 16.6 Å². The quantitative estimate of drug-likeness (QED) is 0.178. The van der Waals surface area contributed by atoms with E-state index in [9.17, 15) is 41.9 Å². The van der Waals surface area contributed by atoms with Gasteiger partial charge in [0.05, 0.1) is 28.0 Å². The first-order valence-electron chi connectivity index (χ1n) is 15.0. The van der Waals surface area contributed by atoms with Crippen molar-refractivity contribution in [2.75, 3.05) is 24.5 Å². The Morgan fingerprint density at radius 2 is 1.86 bits per heavy atom. The van der Waals surface area contributed by atoms with Crippen molar-refractivity contribution in [2.24, 2.45) is 16.8 Å². The van der Waals surface area contributed by atoms with E-state index in [1.165, 1.54) is 11.1 Å². The van der Waals surface area contributed by atoms with Gasteiger partial charge >= 0.3 is 6.18 Å². The van der Waals surface area contributed by atoms with Crippen LogP contribution in [-0.2, 0) is 11.0 Å². The molecule has 2 aliphatic heterocycles. The number of amides is 1. The molecule has 2 aliphatic rings. The summed E-state index contributed by atoms with van der Waals surface area (Å²) in [6, 6.07) is 1.71. The van der Waals surface area contributed by atoms with Crippen LogP contribution in [0.1, 0.15) is 44.9 Å². The first-order valence-corrected chi connectivity index (χ1v) is 15.4. The number of nitrogens with zero attached hydrogens (tertiary/aromatic N) is 6. The number of fused-ring (bicyclic) bond motifs is 1. The molecule has 1 saturated heterocycles. The van der Waals surface area contributed by atoms with Gasteiger partial charge in [0.25, 0.3) is 5.56 Å². The Morgan fingerprint density at radius 3 is 2.43 bits per heavy atom. The highest BCUT2D eigenvalue weighted by Crippen LogP contribution is 2.46. The fourth-order valence-corrected chi connectivity index (χ4v) is 6.69. The molecule has 9 nitrogen and oxygen atoms in total. The van der Waals surface area contributed by atoms with Crippen molar-refractivity contribution in [1.29, 1.82) is 5.26 Å². The first kappa shape index (κ1) is 35.5. The SMILES string of the molecule is C=CC(=O)N1CCN(c2c(C#N)c(=O)n(C3C(C(C)C)=NC=CC3C)c3nc(-c4c(O)c(F)c(F)c(C(F)(F)F)c4F)c(Cl)cc23)C[C@H]1C. The number of aliphatic imine (C=N–C) groups is 1. The summed E-state index contributed by atoms with van der Waals surface area (Å²) in [5.74, 6) is -10.3. The van der Waals surface area contributed by atoms with Crippen LogP contribution in [0, 0.1) is 40.6 Å². The number of carbonyl (C=O) groups is 1. The van der Waals surface area contributed by atoms with Gasteiger partial charge in [-0.3, -0.25) is 19.1 Å². The average Bonchev–Trinajstić information content (AvgIpc) is 3.03. The molecule has 2 aromatic heterocycles. The molecule has 2 unspecified atom stereocenters. The molecular weight excluding hydrogens is 678 g/mol. The Morgan fingerprint density at radius 1 is 1.18 bits per heavy atom. The molecule has 258 valence electrons. The molecule has 3 aromatic rings. The number of halogens is 7. The van der Waals surface area contributed by atoms with Gasteiger partial charge in [0, 0.05) is 48.9 Å². The van der Waals surface area contributed by atoms with Gasteiger partial charge in [0.15, 0.2) is 17.4 Å². The fourth-order valence-electron chi connectivity index (χ4n) is 6.45. The Bertz CT molecular complexity index is 2070. The van der Waals surface area contributed by atoms with Gasteiger partial charge in [0.1, 0.15) is 22.8 Å². The second-order valence-electron chi connectivity index (χ2n) is 12.1. The van der Waals surface area contributed by atoms with Crippen molar-refractivity contribution >= 4 is 39.9 Å². The number of piperazine rings is 1. The standard InChI is InChI=1S/C33H29ClF6N6O3/c1-6-20(47)45-10-9-44(13-16(45)5)29-17-11-19(34)27(21-23(35)22(33(38,39)40)24(36)25(37)30(21)48)43-31(17)46(32(49)18(29)12-41)28-15(4)7-8-42-26(28)14(2)3/h6-8,11,14-16,28,48H,1,9-10,13H2,2-5H3/t15?,16-,28?/m1/s1. The summed E-state index contributed by atoms with van der Waals surface area (Å²) in [7, 11) is 0. The van der Waals surface area contributed by atoms with Crippen LogP contribution in [-0.4, -0.2) is 56.9 Å². The van der Waals surface area contributed by atoms with Crippen molar-refractivity contribution in [2.45, 2.75) is 46.0 Å². The van der Waals surface area contributed by atoms with Crippen molar-refractivity contribution in [3.8, 4) is 23.1 Å². The van der Waals surface area contributed by atoms with Gasteiger partial charge in [0.2, 0.25) is 11.7 Å². The maximum absolute atomic E-state index is 15.6. The van der Waals surface area contributed by atoms with Crippen molar-refractivity contribution in [1.82, 2.24) is 14.5 Å². The molecule has 3 atom stereocenters. The predicted octanol–water partition coefficient (Wildman–Crippen LogP) is 6.75. The first-order chi connectivity index (χ1) is 23.0. The van der Waals surface area contributed by atoms with E-state index >= 15 is 4.39 Å². The van der Waals surface area contributed by atoms with Crippen LogP contribution >= 0.6 is 11.6 Å². The van der Waals surface area contributed by atoms with Crippen molar-refractivity contribution < 1.29 is 36.2 Å². The molecule has 1 amide bonds. The number of aromatic nitrogens is 2. The second kappa shape index (κ2) is 12.9. The summed E-state index contributed by atoms with van der Waals surface area (Å²) in [6.45, 7) is 11.0. The number of nitriles is 1. The number of hydrogen-bond acceptors (Lipinski definition) is 7. The molecule has 0 aliphatic carbocycles.